The second-order valence-electron chi connectivity index (χ2n) is 15.3. The summed E-state index contributed by atoms with van der Waals surface area (Å²) in [7, 11) is 0. The van der Waals surface area contributed by atoms with Gasteiger partial charge in [-0.2, -0.15) is 0 Å². The number of fused-ring (bicyclic) bond motifs is 5. The molecular formula is C33H54N2O3. The minimum Gasteiger partial charge on any atom is -0.393 e. The molecule has 1 saturated heterocycles. The van der Waals surface area contributed by atoms with Gasteiger partial charge >= 0.3 is 0 Å². The van der Waals surface area contributed by atoms with Crippen molar-refractivity contribution >= 4 is 11.8 Å². The van der Waals surface area contributed by atoms with Crippen LogP contribution in [0.2, 0.25) is 0 Å². The summed E-state index contributed by atoms with van der Waals surface area (Å²) in [6, 6.07) is 0.146. The first-order chi connectivity index (χ1) is 18.1. The molecule has 0 aromatic heterocycles. The number of carbonyl (C=O) groups excluding carboxylic acids is 2. The van der Waals surface area contributed by atoms with Gasteiger partial charge < -0.3 is 14.9 Å². The molecule has 6 rings (SSSR count). The predicted molar refractivity (Wildman–Crippen MR) is 150 cm³/mol. The molecule has 5 nitrogen and oxygen atoms in total. The van der Waals surface area contributed by atoms with Crippen LogP contribution in [-0.2, 0) is 9.59 Å². The SMILES string of the molecule is CC(CCC(=O)N1CCN(C(=O)C2CC2)C(C)C1)[C@H]1CC[C@H]2[C@@H]3CC[C@H]4C[C@@H](O)CC[C@]4(C)[C@H]3CC[C@]12C. The minimum absolute atomic E-state index is 0.0600. The zero-order valence-corrected chi connectivity index (χ0v) is 24.7. The van der Waals surface area contributed by atoms with E-state index in [1.165, 1.54) is 44.9 Å². The van der Waals surface area contributed by atoms with Gasteiger partial charge in [0.2, 0.25) is 11.8 Å². The highest BCUT2D eigenvalue weighted by molar-refractivity contribution is 5.82. The van der Waals surface area contributed by atoms with Gasteiger partial charge in [-0.3, -0.25) is 9.59 Å². The number of rotatable bonds is 5. The Labute approximate surface area is 231 Å². The van der Waals surface area contributed by atoms with E-state index in [1.54, 1.807) is 0 Å². The van der Waals surface area contributed by atoms with E-state index in [2.05, 4.69) is 27.7 Å². The molecular weight excluding hydrogens is 472 g/mol. The van der Waals surface area contributed by atoms with Crippen LogP contribution in [-0.4, -0.2) is 58.5 Å². The molecule has 214 valence electrons. The molecule has 38 heavy (non-hydrogen) atoms. The molecule has 5 saturated carbocycles. The van der Waals surface area contributed by atoms with E-state index in [-0.39, 0.29) is 18.1 Å². The van der Waals surface area contributed by atoms with E-state index in [9.17, 15) is 14.7 Å². The van der Waals surface area contributed by atoms with Crippen LogP contribution in [0.5, 0.6) is 0 Å². The van der Waals surface area contributed by atoms with Crippen molar-refractivity contribution in [1.82, 2.24) is 9.80 Å². The number of piperazine rings is 1. The average Bonchev–Trinajstić information content (AvgIpc) is 3.68. The van der Waals surface area contributed by atoms with Crippen LogP contribution in [0.15, 0.2) is 0 Å². The van der Waals surface area contributed by atoms with Gasteiger partial charge in [0.05, 0.1) is 6.10 Å². The van der Waals surface area contributed by atoms with Gasteiger partial charge in [-0.05, 0) is 130 Å². The van der Waals surface area contributed by atoms with Gasteiger partial charge in [-0.25, -0.2) is 0 Å². The van der Waals surface area contributed by atoms with Crippen molar-refractivity contribution in [2.24, 2.45) is 52.3 Å². The third-order valence-electron chi connectivity index (χ3n) is 13.4. The molecule has 6 fully saturated rings. The maximum absolute atomic E-state index is 13.2. The smallest absolute Gasteiger partial charge is 0.226 e. The van der Waals surface area contributed by atoms with E-state index >= 15 is 0 Å². The van der Waals surface area contributed by atoms with E-state index in [4.69, 9.17) is 0 Å². The maximum Gasteiger partial charge on any atom is 0.226 e. The van der Waals surface area contributed by atoms with Crippen LogP contribution in [0.3, 0.4) is 0 Å². The highest BCUT2D eigenvalue weighted by atomic mass is 16.3. The van der Waals surface area contributed by atoms with Gasteiger partial charge in [0.25, 0.3) is 0 Å². The van der Waals surface area contributed by atoms with Crippen molar-refractivity contribution in [3.63, 3.8) is 0 Å². The van der Waals surface area contributed by atoms with E-state index in [0.29, 0.717) is 54.6 Å². The third kappa shape index (κ3) is 4.55. The van der Waals surface area contributed by atoms with Crippen molar-refractivity contribution in [1.29, 1.82) is 0 Å². The average molecular weight is 527 g/mol. The molecule has 0 aromatic rings. The number of aliphatic hydroxyl groups excluding tert-OH is 1. The fraction of sp³-hybridized carbons (Fsp3) is 0.939. The molecule has 0 radical (unpaired) electrons. The monoisotopic (exact) mass is 526 g/mol. The van der Waals surface area contributed by atoms with E-state index < -0.39 is 0 Å². The van der Waals surface area contributed by atoms with Crippen LogP contribution in [0.4, 0.5) is 0 Å². The summed E-state index contributed by atoms with van der Waals surface area (Å²) in [5.41, 5.74) is 0.883. The summed E-state index contributed by atoms with van der Waals surface area (Å²) in [5, 5.41) is 10.3. The lowest BCUT2D eigenvalue weighted by molar-refractivity contribution is -0.143. The molecule has 1 heterocycles. The molecule has 10 atom stereocenters. The second kappa shape index (κ2) is 10.1. The first-order valence-corrected chi connectivity index (χ1v) is 16.4. The minimum atomic E-state index is -0.0600. The number of amides is 2. The van der Waals surface area contributed by atoms with Crippen LogP contribution < -0.4 is 0 Å². The second-order valence-corrected chi connectivity index (χ2v) is 15.3. The predicted octanol–water partition coefficient (Wildman–Crippen LogP) is 5.89. The number of hydrogen-bond acceptors (Lipinski definition) is 3. The summed E-state index contributed by atoms with van der Waals surface area (Å²) in [5.74, 6) is 5.54. The molecule has 1 aliphatic heterocycles. The first kappa shape index (κ1) is 27.1. The Morgan fingerprint density at radius 1 is 0.921 bits per heavy atom. The molecule has 2 amide bonds. The highest BCUT2D eigenvalue weighted by Crippen LogP contribution is 2.68. The summed E-state index contributed by atoms with van der Waals surface area (Å²) < 4.78 is 0. The lowest BCUT2D eigenvalue weighted by Crippen LogP contribution is -2.55. The van der Waals surface area contributed by atoms with Crippen LogP contribution in [0.1, 0.15) is 111 Å². The third-order valence-corrected chi connectivity index (χ3v) is 13.4. The Morgan fingerprint density at radius 2 is 1.66 bits per heavy atom. The topological polar surface area (TPSA) is 60.9 Å². The van der Waals surface area contributed by atoms with Crippen molar-refractivity contribution in [3.8, 4) is 0 Å². The van der Waals surface area contributed by atoms with E-state index in [1.807, 2.05) is 9.80 Å². The van der Waals surface area contributed by atoms with Crippen molar-refractivity contribution < 1.29 is 14.7 Å². The van der Waals surface area contributed by atoms with Crippen LogP contribution in [0, 0.1) is 52.3 Å². The Morgan fingerprint density at radius 3 is 2.39 bits per heavy atom. The van der Waals surface area contributed by atoms with Gasteiger partial charge in [-0.15, -0.1) is 0 Å². The number of aliphatic hydroxyl groups is 1. The summed E-state index contributed by atoms with van der Waals surface area (Å²) in [6.07, 6.45) is 15.2. The molecule has 0 aromatic carbocycles. The Kier molecular flexibility index (Phi) is 7.18. The molecule has 5 aliphatic carbocycles. The number of nitrogens with zero attached hydrogens (tertiary/aromatic N) is 2. The lowest BCUT2D eigenvalue weighted by atomic mass is 9.44. The molecule has 6 aliphatic rings. The molecule has 2 unspecified atom stereocenters. The zero-order chi connectivity index (χ0) is 26.8. The first-order valence-electron chi connectivity index (χ1n) is 16.4. The highest BCUT2D eigenvalue weighted by Gasteiger charge is 2.60. The normalized spacial score (nSPS) is 45.7. The quantitative estimate of drug-likeness (QED) is 0.486. The summed E-state index contributed by atoms with van der Waals surface area (Å²) in [4.78, 5) is 29.9. The largest absolute Gasteiger partial charge is 0.393 e. The Balaban J connectivity index is 1.04. The maximum atomic E-state index is 13.2. The molecule has 0 bridgehead atoms. The fourth-order valence-electron chi connectivity index (χ4n) is 11.0. The van der Waals surface area contributed by atoms with Crippen molar-refractivity contribution in [3.05, 3.63) is 0 Å². The number of hydrogen-bond donors (Lipinski definition) is 1. The fourth-order valence-corrected chi connectivity index (χ4v) is 11.0. The van der Waals surface area contributed by atoms with Crippen molar-refractivity contribution in [2.45, 2.75) is 123 Å². The van der Waals surface area contributed by atoms with Gasteiger partial charge in [0.1, 0.15) is 0 Å². The van der Waals surface area contributed by atoms with Crippen LogP contribution in [0.25, 0.3) is 0 Å². The summed E-state index contributed by atoms with van der Waals surface area (Å²) >= 11 is 0. The van der Waals surface area contributed by atoms with Gasteiger partial charge in [-0.1, -0.05) is 20.8 Å². The van der Waals surface area contributed by atoms with Gasteiger partial charge in [0.15, 0.2) is 0 Å². The van der Waals surface area contributed by atoms with Crippen LogP contribution >= 0.6 is 0 Å². The molecule has 1 N–H and O–H groups in total. The standard InChI is InChI=1S/C33H54N2O3/c1-21(5-12-30(37)34-17-18-35(22(2)20-34)31(38)23-6-7-23)27-10-11-28-26-9-8-24-19-25(36)13-15-32(24,3)29(26)14-16-33(27,28)4/h21-29,36H,5-20H2,1-4H3/t21?,22?,24-,25-,26-,27+,28-,29-,32-,33+/m0/s1. The Bertz CT molecular complexity index is 918. The lowest BCUT2D eigenvalue weighted by Gasteiger charge is -2.61. The Hall–Kier alpha value is -1.10. The molecule has 0 spiro atoms. The molecule has 5 heteroatoms. The van der Waals surface area contributed by atoms with Gasteiger partial charge in [0, 0.05) is 38.0 Å². The summed E-state index contributed by atoms with van der Waals surface area (Å²) in [6.45, 7) is 11.9. The van der Waals surface area contributed by atoms with Crippen molar-refractivity contribution in [2.75, 3.05) is 19.6 Å². The van der Waals surface area contributed by atoms with E-state index in [0.717, 1.165) is 61.7 Å². The zero-order valence-electron chi connectivity index (χ0n) is 24.7. The number of carbonyl (C=O) groups is 2.